The fourth-order valence-corrected chi connectivity index (χ4v) is 9.31. The van der Waals surface area contributed by atoms with Gasteiger partial charge in [-0.1, -0.05) is 20.3 Å². The molecule has 82 heavy (non-hydrogen) atoms. The van der Waals surface area contributed by atoms with E-state index in [9.17, 15) is 71.9 Å². The zero-order chi connectivity index (χ0) is 58.9. The quantitative estimate of drug-likeness (QED) is 0.242. The molecular weight excluding hydrogens is 1150 g/mol. The summed E-state index contributed by atoms with van der Waals surface area (Å²) in [6, 6.07) is 4.27. The highest BCUT2D eigenvalue weighted by Gasteiger charge is 2.44. The van der Waals surface area contributed by atoms with Crippen LogP contribution in [-0.4, -0.2) is 137 Å². The Morgan fingerprint density at radius 2 is 0.793 bits per heavy atom. The van der Waals surface area contributed by atoms with Crippen LogP contribution in [0.3, 0.4) is 0 Å². The highest BCUT2D eigenvalue weighted by molar-refractivity contribution is 5.96. The van der Waals surface area contributed by atoms with Gasteiger partial charge in [0, 0.05) is 103 Å². The SMILES string of the molecule is C.C1CCC2(CC1)OCCO2.C1CCC2(CC1)OCCO2.CC#N.Cl.O=C(O)c1ccnc(C(F)(F)F)c1F.O=C(c1ccnc(C(F)(F)F)c1F)N1CCC2(CC1)OCCO2.O=C1CCN(C(=O)c2ccnc(C(F)(F)F)c2F)CC1. The van der Waals surface area contributed by atoms with Crippen molar-refractivity contribution in [2.75, 3.05) is 65.8 Å². The first-order valence-electron chi connectivity index (χ1n) is 25.3. The van der Waals surface area contributed by atoms with Crippen LogP contribution in [0.2, 0.25) is 0 Å². The molecule has 3 spiro atoms. The Labute approximate surface area is 470 Å². The van der Waals surface area contributed by atoms with Crippen molar-refractivity contribution in [3.8, 4) is 6.07 Å². The van der Waals surface area contributed by atoms with E-state index in [1.54, 1.807) is 6.07 Å². The molecule has 2 amide bonds. The van der Waals surface area contributed by atoms with Crippen LogP contribution in [0, 0.1) is 28.8 Å². The van der Waals surface area contributed by atoms with Crippen molar-refractivity contribution >= 4 is 36.0 Å². The highest BCUT2D eigenvalue weighted by Crippen LogP contribution is 2.38. The molecule has 3 aromatic rings. The monoisotopic (exact) mass is 1210 g/mol. The number of alkyl halides is 9. The molecule has 0 bridgehead atoms. The lowest BCUT2D eigenvalue weighted by Gasteiger charge is -2.37. The van der Waals surface area contributed by atoms with Crippen molar-refractivity contribution in [2.45, 2.75) is 140 Å². The minimum atomic E-state index is -4.99. The van der Waals surface area contributed by atoms with Crippen LogP contribution in [0.1, 0.15) is 152 Å². The van der Waals surface area contributed by atoms with Crippen LogP contribution in [0.4, 0.5) is 52.7 Å². The van der Waals surface area contributed by atoms with Crippen molar-refractivity contribution in [2.24, 2.45) is 0 Å². The number of nitriles is 1. The average Bonchev–Trinajstić information content (AvgIpc) is 4.22. The second kappa shape index (κ2) is 31.2. The number of aromatic carboxylic acids is 1. The molecule has 7 fully saturated rings. The second-order valence-electron chi connectivity index (χ2n) is 18.7. The third kappa shape index (κ3) is 19.4. The minimum absolute atomic E-state index is 0. The number of pyridine rings is 3. The number of carbonyl (C=O) groups is 4. The molecule has 5 saturated heterocycles. The number of likely N-dealkylation sites (tertiary alicyclic amines) is 2. The molecule has 0 radical (unpaired) electrons. The first-order chi connectivity index (χ1) is 37.7. The number of amides is 2. The predicted octanol–water partition coefficient (Wildman–Crippen LogP) is 11.2. The Balaban J connectivity index is 0.000000273. The van der Waals surface area contributed by atoms with Crippen molar-refractivity contribution in [3.63, 3.8) is 0 Å². The topological polar surface area (TPSA) is 213 Å². The number of carbonyl (C=O) groups excluding carboxylic acids is 3. The highest BCUT2D eigenvalue weighted by atomic mass is 35.5. The predicted molar refractivity (Wildman–Crippen MR) is 265 cm³/mol. The molecule has 2 aliphatic carbocycles. The van der Waals surface area contributed by atoms with E-state index in [0.29, 0.717) is 38.3 Å². The molecule has 8 heterocycles. The van der Waals surface area contributed by atoms with Gasteiger partial charge in [-0.25, -0.2) is 32.9 Å². The summed E-state index contributed by atoms with van der Waals surface area (Å²) in [5.41, 5.74) is -7.57. The average molecular weight is 1210 g/mol. The van der Waals surface area contributed by atoms with E-state index in [1.165, 1.54) is 55.2 Å². The molecular formula is C52H63ClF12N6O11. The third-order valence-corrected chi connectivity index (χ3v) is 13.3. The van der Waals surface area contributed by atoms with Crippen LogP contribution < -0.4 is 0 Å². The number of rotatable bonds is 3. The van der Waals surface area contributed by atoms with E-state index < -0.39 is 93.3 Å². The summed E-state index contributed by atoms with van der Waals surface area (Å²) in [6.45, 7) is 6.22. The molecule has 5 aliphatic heterocycles. The summed E-state index contributed by atoms with van der Waals surface area (Å²) < 4.78 is 185. The van der Waals surface area contributed by atoms with Gasteiger partial charge in [0.1, 0.15) is 5.78 Å². The van der Waals surface area contributed by atoms with Crippen molar-refractivity contribution in [1.82, 2.24) is 24.8 Å². The van der Waals surface area contributed by atoms with E-state index in [2.05, 4.69) is 15.0 Å². The Kier molecular flexibility index (Phi) is 26.8. The van der Waals surface area contributed by atoms with Crippen LogP contribution in [0.5, 0.6) is 0 Å². The van der Waals surface area contributed by atoms with E-state index in [1.807, 2.05) is 0 Å². The van der Waals surface area contributed by atoms with E-state index in [4.69, 9.17) is 38.8 Å². The van der Waals surface area contributed by atoms with Crippen LogP contribution in [0.15, 0.2) is 36.8 Å². The van der Waals surface area contributed by atoms with Gasteiger partial charge >= 0.3 is 24.5 Å². The maximum absolute atomic E-state index is 14.0. The smallest absolute Gasteiger partial charge is 0.436 e. The van der Waals surface area contributed by atoms with Gasteiger partial charge in [-0.05, 0) is 43.9 Å². The summed E-state index contributed by atoms with van der Waals surface area (Å²) in [5, 5.41) is 15.6. The Morgan fingerprint density at radius 3 is 1.09 bits per heavy atom. The number of carboxylic acid groups (broad SMARTS) is 1. The number of Topliss-reactive ketones (excluding diaryl/α,β-unsaturated/α-hetero) is 1. The minimum Gasteiger partial charge on any atom is -0.478 e. The van der Waals surface area contributed by atoms with Gasteiger partial charge in [0.25, 0.3) is 11.8 Å². The molecule has 3 aromatic heterocycles. The fraction of sp³-hybridized carbons (Fsp3) is 0.615. The van der Waals surface area contributed by atoms with Gasteiger partial charge in [-0.3, -0.25) is 14.4 Å². The van der Waals surface area contributed by atoms with E-state index >= 15 is 0 Å². The first-order valence-corrected chi connectivity index (χ1v) is 25.3. The summed E-state index contributed by atoms with van der Waals surface area (Å²) in [6.07, 6.45) is 0.580. The van der Waals surface area contributed by atoms with Gasteiger partial charge in [0.2, 0.25) is 0 Å². The number of hydrogen-bond acceptors (Lipinski definition) is 14. The van der Waals surface area contributed by atoms with Crippen LogP contribution >= 0.6 is 12.4 Å². The maximum Gasteiger partial charge on any atom is 0.436 e. The Hall–Kier alpha value is -5.77. The van der Waals surface area contributed by atoms with E-state index in [-0.39, 0.29) is 76.2 Å². The molecule has 458 valence electrons. The van der Waals surface area contributed by atoms with Crippen LogP contribution in [0.25, 0.3) is 0 Å². The molecule has 2 saturated carbocycles. The van der Waals surface area contributed by atoms with E-state index in [0.717, 1.165) is 76.6 Å². The van der Waals surface area contributed by atoms with Gasteiger partial charge in [0.05, 0.1) is 62.4 Å². The fourth-order valence-electron chi connectivity index (χ4n) is 9.31. The second-order valence-corrected chi connectivity index (χ2v) is 18.7. The lowest BCUT2D eigenvalue weighted by Crippen LogP contribution is -2.47. The summed E-state index contributed by atoms with van der Waals surface area (Å²) in [4.78, 5) is 56.7. The largest absolute Gasteiger partial charge is 0.478 e. The number of piperidine rings is 2. The molecule has 10 rings (SSSR count). The zero-order valence-corrected chi connectivity index (χ0v) is 44.4. The molecule has 30 heteroatoms. The molecule has 17 nitrogen and oxygen atoms in total. The number of nitrogens with zero attached hydrogens (tertiary/aromatic N) is 6. The van der Waals surface area contributed by atoms with Gasteiger partial charge < -0.3 is 43.3 Å². The van der Waals surface area contributed by atoms with Gasteiger partial charge in [0.15, 0.2) is 51.9 Å². The number of carboxylic acids is 1. The van der Waals surface area contributed by atoms with Gasteiger partial charge in [-0.2, -0.15) is 44.8 Å². The van der Waals surface area contributed by atoms with Gasteiger partial charge in [-0.15, -0.1) is 12.4 Å². The Morgan fingerprint density at radius 1 is 0.524 bits per heavy atom. The zero-order valence-electron chi connectivity index (χ0n) is 43.6. The van der Waals surface area contributed by atoms with Crippen molar-refractivity contribution in [1.29, 1.82) is 5.26 Å². The summed E-state index contributed by atoms with van der Waals surface area (Å²) >= 11 is 0. The summed E-state index contributed by atoms with van der Waals surface area (Å²) in [7, 11) is 0. The molecule has 0 atom stereocenters. The number of hydrogen-bond donors (Lipinski definition) is 1. The Bertz CT molecular complexity index is 2560. The van der Waals surface area contributed by atoms with Crippen LogP contribution in [-0.2, 0) is 51.7 Å². The number of aromatic nitrogens is 3. The number of ether oxygens (including phenoxy) is 6. The lowest BCUT2D eigenvalue weighted by molar-refractivity contribution is -0.181. The summed E-state index contributed by atoms with van der Waals surface area (Å²) in [5.74, 6) is -9.60. The maximum atomic E-state index is 14.0. The first kappa shape index (κ1) is 70.5. The molecule has 0 aromatic carbocycles. The normalized spacial score (nSPS) is 19.5. The molecule has 0 unspecified atom stereocenters. The molecule has 1 N–H and O–H groups in total. The van der Waals surface area contributed by atoms with Crippen molar-refractivity contribution < 1.29 is 105 Å². The number of halogens is 13. The number of ketones is 1. The van der Waals surface area contributed by atoms with Crippen molar-refractivity contribution in [3.05, 3.63) is 88.0 Å². The molecule has 7 aliphatic rings. The lowest BCUT2D eigenvalue weighted by atomic mass is 9.94. The third-order valence-electron chi connectivity index (χ3n) is 13.3. The standard InChI is InChI=1S/C14H14F4N2O3.C12H10F4N2O2.2C8H14O2.C7H3F4NO2.C2H3N.CH4.ClH/c15-10-9(1-4-19-11(10)14(16,17)18)12(21)20-5-2-13(3-6-20)22-7-8-23-13;13-9-8(1-4-17-10(9)12(14,15)16)11(20)18-5-2-7(19)3-6-18;2*1-2-4-8(5-3-1)9-6-7-10-8;8-4-3(6(13)14)1-2-12-5(4)7(9,10)11;1-2-3;;/h1,4H,2-3,5-8H2;1,4H,2-3,5-6H2;2*1-7H2;1-2H,(H,13,14);1H3;1H4;1H.